The van der Waals surface area contributed by atoms with Crippen molar-refractivity contribution in [2.75, 3.05) is 27.4 Å². The fourth-order valence-corrected chi connectivity index (χ4v) is 1.63. The molecule has 0 aliphatic carbocycles. The second-order valence-corrected chi connectivity index (χ2v) is 3.94. The van der Waals surface area contributed by atoms with Gasteiger partial charge in [0.15, 0.2) is 0 Å². The topological polar surface area (TPSA) is 27.7 Å². The molecule has 0 unspecified atom stereocenters. The molecule has 3 heteroatoms. The van der Waals surface area contributed by atoms with Crippen molar-refractivity contribution in [2.45, 2.75) is 26.4 Å². The molecule has 0 saturated heterocycles. The number of ether oxygens (including phenoxy) is 3. The van der Waals surface area contributed by atoms with E-state index in [2.05, 4.69) is 19.1 Å². The predicted octanol–water partition coefficient (Wildman–Crippen LogP) is 2.81. The minimum absolute atomic E-state index is 0.633. The average Bonchev–Trinajstić information content (AvgIpc) is 2.38. The van der Waals surface area contributed by atoms with Gasteiger partial charge in [-0.1, -0.05) is 13.0 Å². The second kappa shape index (κ2) is 8.09. The predicted molar refractivity (Wildman–Crippen MR) is 68.5 cm³/mol. The number of hydrogen-bond donors (Lipinski definition) is 0. The quantitative estimate of drug-likeness (QED) is 0.652. The summed E-state index contributed by atoms with van der Waals surface area (Å²) in [5, 5.41) is 0. The van der Waals surface area contributed by atoms with Gasteiger partial charge in [0.1, 0.15) is 5.75 Å². The number of benzene rings is 1. The van der Waals surface area contributed by atoms with Crippen LogP contribution in [0.3, 0.4) is 0 Å². The lowest BCUT2D eigenvalue weighted by Gasteiger charge is -2.08. The normalized spacial score (nSPS) is 10.5. The molecule has 0 atom stereocenters. The summed E-state index contributed by atoms with van der Waals surface area (Å²) in [5.74, 6) is 0.903. The molecule has 0 amide bonds. The molecule has 0 N–H and O–H groups in total. The zero-order valence-corrected chi connectivity index (χ0v) is 11.0. The van der Waals surface area contributed by atoms with E-state index in [0.717, 1.165) is 31.8 Å². The highest BCUT2D eigenvalue weighted by molar-refractivity contribution is 5.34. The Morgan fingerprint density at radius 3 is 2.41 bits per heavy atom. The van der Waals surface area contributed by atoms with Crippen LogP contribution in [0.5, 0.6) is 5.75 Å². The first-order valence-corrected chi connectivity index (χ1v) is 6.03. The van der Waals surface area contributed by atoms with Crippen molar-refractivity contribution in [3.8, 4) is 5.75 Å². The fraction of sp³-hybridized carbons (Fsp3) is 0.571. The monoisotopic (exact) mass is 238 g/mol. The molecule has 1 rings (SSSR count). The van der Waals surface area contributed by atoms with Crippen LogP contribution in [0.25, 0.3) is 0 Å². The summed E-state index contributed by atoms with van der Waals surface area (Å²) in [5.41, 5.74) is 2.44. The Morgan fingerprint density at radius 1 is 1.00 bits per heavy atom. The van der Waals surface area contributed by atoms with Gasteiger partial charge in [0.05, 0.1) is 13.7 Å². The van der Waals surface area contributed by atoms with Gasteiger partial charge in [-0.2, -0.15) is 0 Å². The van der Waals surface area contributed by atoms with E-state index in [0.29, 0.717) is 6.61 Å². The molecule has 1 aromatic rings. The molecule has 3 nitrogen and oxygen atoms in total. The third kappa shape index (κ3) is 5.20. The van der Waals surface area contributed by atoms with Crippen LogP contribution in [-0.4, -0.2) is 27.4 Å². The first kappa shape index (κ1) is 14.0. The van der Waals surface area contributed by atoms with Gasteiger partial charge in [0.2, 0.25) is 0 Å². The Bertz CT molecular complexity index is 301. The van der Waals surface area contributed by atoms with Crippen molar-refractivity contribution in [2.24, 2.45) is 0 Å². The van der Waals surface area contributed by atoms with Gasteiger partial charge in [-0.3, -0.25) is 0 Å². The Hall–Kier alpha value is -1.06. The van der Waals surface area contributed by atoms with Crippen LogP contribution in [-0.2, 0) is 22.5 Å². The van der Waals surface area contributed by atoms with Crippen molar-refractivity contribution < 1.29 is 14.2 Å². The lowest BCUT2D eigenvalue weighted by molar-refractivity contribution is 0.0927. The van der Waals surface area contributed by atoms with Crippen LogP contribution in [0.15, 0.2) is 18.2 Å². The maximum Gasteiger partial charge on any atom is 0.119 e. The van der Waals surface area contributed by atoms with E-state index in [4.69, 9.17) is 14.2 Å². The molecule has 17 heavy (non-hydrogen) atoms. The smallest absolute Gasteiger partial charge is 0.119 e. The first-order valence-electron chi connectivity index (χ1n) is 6.03. The maximum atomic E-state index is 5.59. The molecule has 0 heterocycles. The van der Waals surface area contributed by atoms with Crippen LogP contribution >= 0.6 is 0 Å². The SMILES string of the molecule is CCc1cc(COCCCOC)cc(OC)c1. The summed E-state index contributed by atoms with van der Waals surface area (Å²) in [7, 11) is 3.40. The molecule has 0 spiro atoms. The Labute approximate surface area is 104 Å². The standard InChI is InChI=1S/C14H22O3/c1-4-12-8-13(10-14(9-12)16-3)11-17-7-5-6-15-2/h8-10H,4-7,11H2,1-3H3. The minimum atomic E-state index is 0.633. The van der Waals surface area contributed by atoms with Gasteiger partial charge >= 0.3 is 0 Å². The van der Waals surface area contributed by atoms with Crippen molar-refractivity contribution in [1.29, 1.82) is 0 Å². The lowest BCUT2D eigenvalue weighted by atomic mass is 10.1. The lowest BCUT2D eigenvalue weighted by Crippen LogP contribution is -2.00. The third-order valence-corrected chi connectivity index (χ3v) is 2.58. The Kier molecular flexibility index (Phi) is 6.67. The molecule has 0 fully saturated rings. The third-order valence-electron chi connectivity index (χ3n) is 2.58. The molecule has 0 aliphatic rings. The van der Waals surface area contributed by atoms with Gasteiger partial charge in [0.25, 0.3) is 0 Å². The summed E-state index contributed by atoms with van der Waals surface area (Å²) in [4.78, 5) is 0. The molecule has 0 bridgehead atoms. The van der Waals surface area contributed by atoms with Crippen molar-refractivity contribution in [1.82, 2.24) is 0 Å². The highest BCUT2D eigenvalue weighted by atomic mass is 16.5. The van der Waals surface area contributed by atoms with E-state index in [-0.39, 0.29) is 0 Å². The van der Waals surface area contributed by atoms with E-state index in [1.165, 1.54) is 11.1 Å². The molecule has 0 radical (unpaired) electrons. The summed E-state index contributed by atoms with van der Waals surface area (Å²) >= 11 is 0. The molecule has 96 valence electrons. The van der Waals surface area contributed by atoms with E-state index >= 15 is 0 Å². The Morgan fingerprint density at radius 2 is 1.76 bits per heavy atom. The maximum absolute atomic E-state index is 5.59. The van der Waals surface area contributed by atoms with Crippen LogP contribution in [0.2, 0.25) is 0 Å². The highest BCUT2D eigenvalue weighted by Gasteiger charge is 2.00. The van der Waals surface area contributed by atoms with Crippen molar-refractivity contribution >= 4 is 0 Å². The number of rotatable bonds is 8. The largest absolute Gasteiger partial charge is 0.497 e. The van der Waals surface area contributed by atoms with Crippen molar-refractivity contribution in [3.05, 3.63) is 29.3 Å². The fourth-order valence-electron chi connectivity index (χ4n) is 1.63. The number of aryl methyl sites for hydroxylation is 1. The van der Waals surface area contributed by atoms with Gasteiger partial charge in [-0.05, 0) is 36.1 Å². The summed E-state index contributed by atoms with van der Waals surface area (Å²) in [6, 6.07) is 6.25. The summed E-state index contributed by atoms with van der Waals surface area (Å²) < 4.78 is 15.8. The van der Waals surface area contributed by atoms with E-state index in [9.17, 15) is 0 Å². The second-order valence-electron chi connectivity index (χ2n) is 3.94. The molecular formula is C14H22O3. The van der Waals surface area contributed by atoms with Crippen LogP contribution in [0, 0.1) is 0 Å². The first-order chi connectivity index (χ1) is 8.30. The molecule has 0 aromatic heterocycles. The molecule has 0 saturated carbocycles. The minimum Gasteiger partial charge on any atom is -0.497 e. The van der Waals surface area contributed by atoms with Gasteiger partial charge < -0.3 is 14.2 Å². The number of hydrogen-bond acceptors (Lipinski definition) is 3. The zero-order chi connectivity index (χ0) is 12.5. The number of methoxy groups -OCH3 is 2. The van der Waals surface area contributed by atoms with Gasteiger partial charge in [-0.25, -0.2) is 0 Å². The van der Waals surface area contributed by atoms with Crippen LogP contribution in [0.1, 0.15) is 24.5 Å². The van der Waals surface area contributed by atoms with Gasteiger partial charge in [0, 0.05) is 20.3 Å². The van der Waals surface area contributed by atoms with E-state index < -0.39 is 0 Å². The average molecular weight is 238 g/mol. The van der Waals surface area contributed by atoms with Crippen LogP contribution < -0.4 is 4.74 Å². The molecular weight excluding hydrogens is 216 g/mol. The molecule has 1 aromatic carbocycles. The highest BCUT2D eigenvalue weighted by Crippen LogP contribution is 2.18. The molecule has 0 aliphatic heterocycles. The van der Waals surface area contributed by atoms with Crippen molar-refractivity contribution in [3.63, 3.8) is 0 Å². The van der Waals surface area contributed by atoms with E-state index in [1.807, 2.05) is 6.07 Å². The summed E-state index contributed by atoms with van der Waals surface area (Å²) in [6.07, 6.45) is 1.94. The van der Waals surface area contributed by atoms with Crippen LogP contribution in [0.4, 0.5) is 0 Å². The van der Waals surface area contributed by atoms with E-state index in [1.54, 1.807) is 14.2 Å². The van der Waals surface area contributed by atoms with Gasteiger partial charge in [-0.15, -0.1) is 0 Å². The zero-order valence-electron chi connectivity index (χ0n) is 11.0. The Balaban J connectivity index is 2.46. The summed E-state index contributed by atoms with van der Waals surface area (Å²) in [6.45, 7) is 4.25.